The number of anilines is 1. The number of aromatic amines is 1. The largest absolute Gasteiger partial charge is 0.338 e. The summed E-state index contributed by atoms with van der Waals surface area (Å²) in [6.45, 7) is 3.46. The lowest BCUT2D eigenvalue weighted by molar-refractivity contribution is -0.116. The van der Waals surface area contributed by atoms with Gasteiger partial charge in [-0.15, -0.1) is 0 Å². The van der Waals surface area contributed by atoms with Crippen LogP contribution in [0.1, 0.15) is 11.1 Å². The molecule has 0 radical (unpaired) electrons. The van der Waals surface area contributed by atoms with Gasteiger partial charge in [-0.2, -0.15) is 4.31 Å². The number of imidazole rings is 1. The van der Waals surface area contributed by atoms with E-state index in [1.165, 1.54) is 7.05 Å². The zero-order valence-electron chi connectivity index (χ0n) is 18.1. The summed E-state index contributed by atoms with van der Waals surface area (Å²) in [6.07, 6.45) is 0. The SMILES string of the molecule is Cc1ccc(S(=O)(=O)N(C)CC(=O)Nc2ccccc2-c2nc3ccccc3[nH]2)cc1C. The molecule has 1 aromatic heterocycles. The number of aryl methyl sites for hydroxylation is 2. The van der Waals surface area contributed by atoms with Gasteiger partial charge in [-0.3, -0.25) is 4.79 Å². The molecule has 0 saturated heterocycles. The highest BCUT2D eigenvalue weighted by atomic mass is 32.2. The Morgan fingerprint density at radius 1 is 1.00 bits per heavy atom. The van der Waals surface area contributed by atoms with E-state index in [1.54, 1.807) is 30.3 Å². The predicted octanol–water partition coefficient (Wildman–Crippen LogP) is 4.11. The van der Waals surface area contributed by atoms with Crippen molar-refractivity contribution >= 4 is 32.7 Å². The minimum atomic E-state index is -3.79. The Labute approximate surface area is 187 Å². The number of para-hydroxylation sites is 3. The van der Waals surface area contributed by atoms with Gasteiger partial charge in [-0.1, -0.05) is 30.3 Å². The fourth-order valence-corrected chi connectivity index (χ4v) is 4.62. The summed E-state index contributed by atoms with van der Waals surface area (Å²) in [5, 5.41) is 2.82. The second kappa shape index (κ2) is 8.57. The third-order valence-electron chi connectivity index (χ3n) is 5.40. The summed E-state index contributed by atoms with van der Waals surface area (Å²) in [6, 6.07) is 19.9. The number of nitrogens with zero attached hydrogens (tertiary/aromatic N) is 2. The molecule has 2 N–H and O–H groups in total. The summed E-state index contributed by atoms with van der Waals surface area (Å²) in [7, 11) is -2.39. The third-order valence-corrected chi connectivity index (χ3v) is 7.20. The molecule has 1 heterocycles. The van der Waals surface area contributed by atoms with Crippen LogP contribution in [0.25, 0.3) is 22.4 Å². The van der Waals surface area contributed by atoms with Crippen LogP contribution >= 0.6 is 0 Å². The van der Waals surface area contributed by atoms with E-state index in [4.69, 9.17) is 0 Å². The van der Waals surface area contributed by atoms with Gasteiger partial charge in [0.2, 0.25) is 15.9 Å². The zero-order chi connectivity index (χ0) is 22.9. The first-order valence-electron chi connectivity index (χ1n) is 10.1. The molecular weight excluding hydrogens is 424 g/mol. The minimum absolute atomic E-state index is 0.165. The Bertz CT molecular complexity index is 1380. The molecule has 0 fully saturated rings. The van der Waals surface area contributed by atoms with Gasteiger partial charge in [0.1, 0.15) is 5.82 Å². The van der Waals surface area contributed by atoms with Crippen LogP contribution in [0.15, 0.2) is 71.6 Å². The molecule has 0 atom stereocenters. The number of nitrogens with one attached hydrogen (secondary N) is 2. The van der Waals surface area contributed by atoms with Crippen LogP contribution in [0.2, 0.25) is 0 Å². The van der Waals surface area contributed by atoms with Gasteiger partial charge in [0.25, 0.3) is 0 Å². The number of carbonyl (C=O) groups is 1. The molecule has 1 amide bonds. The first-order valence-corrected chi connectivity index (χ1v) is 11.6. The number of rotatable bonds is 6. The van der Waals surface area contributed by atoms with Crippen molar-refractivity contribution in [3.05, 3.63) is 77.9 Å². The monoisotopic (exact) mass is 448 g/mol. The molecule has 0 spiro atoms. The van der Waals surface area contributed by atoms with E-state index in [9.17, 15) is 13.2 Å². The Hall–Kier alpha value is -3.49. The molecule has 4 aromatic rings. The number of hydrogen-bond donors (Lipinski definition) is 2. The Kier molecular flexibility index (Phi) is 5.82. The maximum absolute atomic E-state index is 12.9. The van der Waals surface area contributed by atoms with Gasteiger partial charge in [-0.25, -0.2) is 13.4 Å². The number of sulfonamides is 1. The highest BCUT2D eigenvalue weighted by molar-refractivity contribution is 7.89. The molecule has 3 aromatic carbocycles. The van der Waals surface area contributed by atoms with Crippen LogP contribution in [0.4, 0.5) is 5.69 Å². The molecule has 32 heavy (non-hydrogen) atoms. The van der Waals surface area contributed by atoms with E-state index in [-0.39, 0.29) is 11.4 Å². The number of fused-ring (bicyclic) bond motifs is 1. The summed E-state index contributed by atoms with van der Waals surface area (Å²) >= 11 is 0. The second-order valence-corrected chi connectivity index (χ2v) is 9.75. The normalized spacial score (nSPS) is 11.8. The molecular formula is C24H24N4O3S. The van der Waals surface area contributed by atoms with Gasteiger partial charge in [0, 0.05) is 12.6 Å². The number of amides is 1. The van der Waals surface area contributed by atoms with Crippen LogP contribution < -0.4 is 5.32 Å². The lowest BCUT2D eigenvalue weighted by atomic mass is 10.1. The summed E-state index contributed by atoms with van der Waals surface area (Å²) in [5.74, 6) is 0.182. The van der Waals surface area contributed by atoms with Crippen molar-refractivity contribution in [1.29, 1.82) is 0 Å². The molecule has 0 aliphatic heterocycles. The van der Waals surface area contributed by atoms with Crippen molar-refractivity contribution in [2.24, 2.45) is 0 Å². The van der Waals surface area contributed by atoms with Crippen LogP contribution in [-0.2, 0) is 14.8 Å². The number of H-pyrrole nitrogens is 1. The van der Waals surface area contributed by atoms with Crippen molar-refractivity contribution in [1.82, 2.24) is 14.3 Å². The summed E-state index contributed by atoms with van der Waals surface area (Å²) in [4.78, 5) is 20.7. The Balaban J connectivity index is 1.54. The first-order chi connectivity index (χ1) is 15.3. The second-order valence-electron chi connectivity index (χ2n) is 7.70. The highest BCUT2D eigenvalue weighted by Gasteiger charge is 2.24. The van der Waals surface area contributed by atoms with E-state index >= 15 is 0 Å². The van der Waals surface area contributed by atoms with Gasteiger partial charge in [0.05, 0.1) is 28.2 Å². The van der Waals surface area contributed by atoms with E-state index in [2.05, 4.69) is 15.3 Å². The van der Waals surface area contributed by atoms with E-state index in [1.807, 2.05) is 50.2 Å². The van der Waals surface area contributed by atoms with Gasteiger partial charge in [-0.05, 0) is 61.4 Å². The topological polar surface area (TPSA) is 95.2 Å². The van der Waals surface area contributed by atoms with E-state index < -0.39 is 15.9 Å². The lowest BCUT2D eigenvalue weighted by Gasteiger charge is -2.18. The average molecular weight is 449 g/mol. The van der Waals surface area contributed by atoms with Crippen molar-refractivity contribution < 1.29 is 13.2 Å². The average Bonchev–Trinajstić information content (AvgIpc) is 3.20. The molecule has 8 heteroatoms. The summed E-state index contributed by atoms with van der Waals surface area (Å²) < 4.78 is 26.9. The molecule has 7 nitrogen and oxygen atoms in total. The molecule has 0 bridgehead atoms. The fraction of sp³-hybridized carbons (Fsp3) is 0.167. The van der Waals surface area contributed by atoms with E-state index in [0.29, 0.717) is 11.5 Å². The molecule has 0 saturated carbocycles. The van der Waals surface area contributed by atoms with Crippen molar-refractivity contribution in [3.63, 3.8) is 0 Å². The quantitative estimate of drug-likeness (QED) is 0.464. The molecule has 0 aliphatic carbocycles. The van der Waals surface area contributed by atoms with Crippen molar-refractivity contribution in [2.45, 2.75) is 18.7 Å². The number of carbonyl (C=O) groups excluding carboxylic acids is 1. The van der Waals surface area contributed by atoms with E-state index in [0.717, 1.165) is 32.0 Å². The Morgan fingerprint density at radius 3 is 2.47 bits per heavy atom. The standard InChI is InChI=1S/C24H24N4O3S/c1-16-12-13-18(14-17(16)2)32(30,31)28(3)15-23(29)25-20-9-5-4-8-19(20)24-26-21-10-6-7-11-22(21)27-24/h4-14H,15H2,1-3H3,(H,25,29)(H,26,27). The van der Waals surface area contributed by atoms with Crippen molar-refractivity contribution in [2.75, 3.05) is 18.9 Å². The smallest absolute Gasteiger partial charge is 0.243 e. The van der Waals surface area contributed by atoms with Crippen LogP contribution in [0.5, 0.6) is 0 Å². The maximum Gasteiger partial charge on any atom is 0.243 e. The molecule has 0 aliphatic rings. The van der Waals surface area contributed by atoms with Crippen LogP contribution in [0, 0.1) is 13.8 Å². The highest BCUT2D eigenvalue weighted by Crippen LogP contribution is 2.27. The maximum atomic E-state index is 12.9. The number of aromatic nitrogens is 2. The van der Waals surface area contributed by atoms with Crippen LogP contribution in [-0.4, -0.2) is 42.2 Å². The summed E-state index contributed by atoms with van der Waals surface area (Å²) in [5.41, 5.74) is 4.87. The number of benzene rings is 3. The van der Waals surface area contributed by atoms with Crippen LogP contribution in [0.3, 0.4) is 0 Å². The lowest BCUT2D eigenvalue weighted by Crippen LogP contribution is -2.35. The Morgan fingerprint density at radius 2 is 1.72 bits per heavy atom. The van der Waals surface area contributed by atoms with Crippen molar-refractivity contribution in [3.8, 4) is 11.4 Å². The molecule has 0 unspecified atom stereocenters. The molecule has 164 valence electrons. The van der Waals surface area contributed by atoms with Gasteiger partial charge in [0.15, 0.2) is 0 Å². The predicted molar refractivity (Wildman–Crippen MR) is 126 cm³/mol. The fourth-order valence-electron chi connectivity index (χ4n) is 3.41. The third kappa shape index (κ3) is 4.28. The molecule has 4 rings (SSSR count). The first kappa shape index (κ1) is 21.7. The van der Waals surface area contributed by atoms with Gasteiger partial charge < -0.3 is 10.3 Å². The number of likely N-dealkylation sites (N-methyl/N-ethyl adjacent to an activating group) is 1. The number of hydrogen-bond acceptors (Lipinski definition) is 4. The zero-order valence-corrected chi connectivity index (χ0v) is 18.9. The van der Waals surface area contributed by atoms with Gasteiger partial charge >= 0.3 is 0 Å². The minimum Gasteiger partial charge on any atom is -0.338 e.